The number of carbonyl (C=O) groups excluding carboxylic acids is 1. The van der Waals surface area contributed by atoms with Gasteiger partial charge in [-0.2, -0.15) is 0 Å². The molecule has 25 heavy (non-hydrogen) atoms. The van der Waals surface area contributed by atoms with E-state index in [0.29, 0.717) is 6.04 Å². The van der Waals surface area contributed by atoms with Gasteiger partial charge in [-0.15, -0.1) is 0 Å². The van der Waals surface area contributed by atoms with Crippen LogP contribution in [0, 0.1) is 4.91 Å². The first-order valence-corrected chi connectivity index (χ1v) is 7.92. The second-order valence-corrected chi connectivity index (χ2v) is 6.09. The van der Waals surface area contributed by atoms with Crippen LogP contribution in [0.15, 0.2) is 60.7 Å². The predicted molar refractivity (Wildman–Crippen MR) is 94.7 cm³/mol. The van der Waals surface area contributed by atoms with Gasteiger partial charge in [-0.1, -0.05) is 60.7 Å². The number of carbonyl (C=O) groups is 1. The molecule has 0 fully saturated rings. The fourth-order valence-corrected chi connectivity index (χ4v) is 2.71. The van der Waals surface area contributed by atoms with Crippen LogP contribution in [-0.4, -0.2) is 46.8 Å². The number of aldehydes is 1. The molecule has 1 unspecified atom stereocenters. The van der Waals surface area contributed by atoms with Crippen LogP contribution in [0.3, 0.4) is 0 Å². The molecule has 2 N–H and O–H groups in total. The first-order chi connectivity index (χ1) is 11.8. The highest BCUT2D eigenvalue weighted by atomic mass is 16.9. The van der Waals surface area contributed by atoms with Crippen LogP contribution >= 0.6 is 0 Å². The van der Waals surface area contributed by atoms with E-state index in [-0.39, 0.29) is 0 Å². The number of hydrogen-bond acceptors (Lipinski definition) is 3. The van der Waals surface area contributed by atoms with Gasteiger partial charge < -0.3 is 9.69 Å². The van der Waals surface area contributed by atoms with Crippen LogP contribution in [-0.2, 0) is 10.2 Å². The van der Waals surface area contributed by atoms with Crippen molar-refractivity contribution in [2.75, 3.05) is 14.1 Å². The molecule has 2 rings (SSSR count). The van der Waals surface area contributed by atoms with Crippen LogP contribution < -0.4 is 0 Å². The summed E-state index contributed by atoms with van der Waals surface area (Å²) in [6.45, 7) is 2.16. The Morgan fingerprint density at radius 1 is 1.00 bits per heavy atom. The maximum Gasteiger partial charge on any atom is 0.472 e. The Balaban J connectivity index is 0.000000705. The van der Waals surface area contributed by atoms with E-state index in [1.54, 1.807) is 0 Å². The van der Waals surface area contributed by atoms with Crippen LogP contribution in [0.5, 0.6) is 0 Å². The lowest BCUT2D eigenvalue weighted by Crippen LogP contribution is -2.38. The first kappa shape index (κ1) is 20.3. The molecule has 0 aliphatic rings. The van der Waals surface area contributed by atoms with Gasteiger partial charge in [0.05, 0.1) is 5.41 Å². The van der Waals surface area contributed by atoms with Gasteiger partial charge in [0.2, 0.25) is 0 Å². The number of benzene rings is 2. The molecular weight excluding hydrogens is 320 g/mol. The molecule has 2 aromatic carbocycles. The van der Waals surface area contributed by atoms with Gasteiger partial charge in [0.15, 0.2) is 0 Å². The van der Waals surface area contributed by atoms with Crippen molar-refractivity contribution in [3.05, 3.63) is 76.7 Å². The van der Waals surface area contributed by atoms with E-state index < -0.39 is 10.5 Å². The predicted octanol–water partition coefficient (Wildman–Crippen LogP) is 3.06. The Kier molecular flexibility index (Phi) is 7.75. The zero-order valence-electron chi connectivity index (χ0n) is 14.7. The summed E-state index contributed by atoms with van der Waals surface area (Å²) >= 11 is 0. The molecule has 1 atom stereocenters. The summed E-state index contributed by atoms with van der Waals surface area (Å²) in [5.74, 6) is 0. The van der Waals surface area contributed by atoms with Crippen molar-refractivity contribution in [2.45, 2.75) is 24.8 Å². The second-order valence-electron chi connectivity index (χ2n) is 6.09. The normalized spacial score (nSPS) is 12.0. The topological polar surface area (TPSA) is 80.9 Å². The highest BCUT2D eigenvalue weighted by molar-refractivity contribution is 5.75. The molecule has 134 valence electrons. The van der Waals surface area contributed by atoms with Crippen molar-refractivity contribution < 1.29 is 20.3 Å². The second kappa shape index (κ2) is 9.54. The van der Waals surface area contributed by atoms with Crippen molar-refractivity contribution in [2.24, 2.45) is 0 Å². The smallest absolute Gasteiger partial charge is 0.307 e. The minimum atomic E-state index is -1.25. The maximum atomic E-state index is 12.2. The Morgan fingerprint density at radius 3 is 1.64 bits per heavy atom. The molecule has 2 aromatic rings. The van der Waals surface area contributed by atoms with Crippen LogP contribution in [0.2, 0.25) is 0 Å². The molecule has 0 aliphatic carbocycles. The van der Waals surface area contributed by atoms with E-state index in [1.165, 1.54) is 0 Å². The van der Waals surface area contributed by atoms with Gasteiger partial charge in [0, 0.05) is 6.04 Å². The lowest BCUT2D eigenvalue weighted by atomic mass is 9.71. The molecule has 0 amide bonds. The highest BCUT2D eigenvalue weighted by Crippen LogP contribution is 2.35. The van der Waals surface area contributed by atoms with Gasteiger partial charge in [0.1, 0.15) is 11.2 Å². The molecule has 0 saturated carbocycles. The van der Waals surface area contributed by atoms with Crippen LogP contribution in [0.1, 0.15) is 24.5 Å². The molecular formula is C19H25N2O4+. The Hall–Kier alpha value is -2.73. The number of hydrogen-bond donors (Lipinski definition) is 2. The quantitative estimate of drug-likeness (QED) is 0.621. The summed E-state index contributed by atoms with van der Waals surface area (Å²) in [7, 11) is 4.10. The minimum Gasteiger partial charge on any atom is -0.307 e. The van der Waals surface area contributed by atoms with Crippen molar-refractivity contribution >= 4 is 6.29 Å². The summed E-state index contributed by atoms with van der Waals surface area (Å²) in [5, 5.41) is 12.5. The highest BCUT2D eigenvalue weighted by Gasteiger charge is 2.35. The third-order valence-electron chi connectivity index (χ3n) is 4.28. The standard InChI is InChI=1S/C19H23NO.H2NO3/c1-16(20(2)3)14-19(15-21,17-10-6-4-7-11-17)18-12-8-5-9-13-18;2-1(3)4/h4-13,15-16H,14H2,1-3H3;(H2,2,3,4)/q;+1. The number of rotatable bonds is 6. The summed E-state index contributed by atoms with van der Waals surface area (Å²) in [4.78, 5) is 22.8. The Labute approximate surface area is 147 Å². The molecule has 6 nitrogen and oxygen atoms in total. The van der Waals surface area contributed by atoms with E-state index in [4.69, 9.17) is 15.3 Å². The average molecular weight is 345 g/mol. The molecule has 0 aliphatic heterocycles. The maximum absolute atomic E-state index is 12.2. The summed E-state index contributed by atoms with van der Waals surface area (Å²) in [5.41, 5.74) is 1.52. The third-order valence-corrected chi connectivity index (χ3v) is 4.28. The fourth-order valence-electron chi connectivity index (χ4n) is 2.71. The fraction of sp³-hybridized carbons (Fsp3) is 0.316. The number of nitrogens with zero attached hydrogens (tertiary/aromatic N) is 2. The lowest BCUT2D eigenvalue weighted by Gasteiger charge is -2.34. The first-order valence-electron chi connectivity index (χ1n) is 7.92. The third kappa shape index (κ3) is 5.69. The van der Waals surface area contributed by atoms with Crippen LogP contribution in [0.4, 0.5) is 0 Å². The van der Waals surface area contributed by atoms with E-state index in [0.717, 1.165) is 23.8 Å². The molecule has 0 heterocycles. The minimum absolute atomic E-state index is 0.301. The molecule has 0 bridgehead atoms. The summed E-state index contributed by atoms with van der Waals surface area (Å²) < 4.78 is 0. The van der Waals surface area contributed by atoms with Gasteiger partial charge in [0.25, 0.3) is 0 Å². The average Bonchev–Trinajstić information content (AvgIpc) is 2.60. The monoisotopic (exact) mass is 345 g/mol. The molecule has 0 spiro atoms. The van der Waals surface area contributed by atoms with Gasteiger partial charge >= 0.3 is 5.09 Å². The van der Waals surface area contributed by atoms with Crippen LogP contribution in [0.25, 0.3) is 0 Å². The van der Waals surface area contributed by atoms with E-state index in [2.05, 4.69) is 25.9 Å². The molecule has 0 saturated heterocycles. The van der Waals surface area contributed by atoms with Crippen molar-refractivity contribution in [1.29, 1.82) is 0 Å². The summed E-state index contributed by atoms with van der Waals surface area (Å²) in [6, 6.07) is 20.4. The van der Waals surface area contributed by atoms with E-state index >= 15 is 0 Å². The van der Waals surface area contributed by atoms with Crippen molar-refractivity contribution in [3.63, 3.8) is 0 Å². The summed E-state index contributed by atoms with van der Waals surface area (Å²) in [6.07, 6.45) is 1.87. The van der Waals surface area contributed by atoms with Gasteiger partial charge in [-0.3, -0.25) is 0 Å². The molecule has 6 heteroatoms. The molecule has 0 radical (unpaired) electrons. The van der Waals surface area contributed by atoms with Crippen molar-refractivity contribution in [3.8, 4) is 0 Å². The zero-order chi connectivity index (χ0) is 18.9. The largest absolute Gasteiger partial charge is 0.472 e. The Morgan fingerprint density at radius 2 is 1.36 bits per heavy atom. The Bertz CT molecular complexity index is 616. The van der Waals surface area contributed by atoms with E-state index in [9.17, 15) is 4.79 Å². The van der Waals surface area contributed by atoms with E-state index in [1.807, 2.05) is 60.7 Å². The van der Waals surface area contributed by atoms with Crippen molar-refractivity contribution in [1.82, 2.24) is 4.90 Å². The van der Waals surface area contributed by atoms with Gasteiger partial charge in [-0.05, 0) is 38.6 Å². The van der Waals surface area contributed by atoms with Gasteiger partial charge in [-0.25, -0.2) is 10.4 Å². The lowest BCUT2D eigenvalue weighted by molar-refractivity contribution is -0.969. The molecule has 0 aromatic heterocycles. The zero-order valence-corrected chi connectivity index (χ0v) is 14.7. The SMILES string of the molecule is CC(CC(C=O)(c1ccccc1)c1ccccc1)N(C)C.O=[N+](O)O.